The van der Waals surface area contributed by atoms with E-state index in [4.69, 9.17) is 4.74 Å². The lowest BCUT2D eigenvalue weighted by Gasteiger charge is -2.49. The van der Waals surface area contributed by atoms with E-state index in [9.17, 15) is 15.8 Å². The number of ether oxygens (including phenoxy) is 1. The van der Waals surface area contributed by atoms with Crippen LogP contribution in [0.25, 0.3) is 11.1 Å². The summed E-state index contributed by atoms with van der Waals surface area (Å²) in [6.45, 7) is 25.1. The maximum Gasteiger partial charge on any atom is 0.145 e. The van der Waals surface area contributed by atoms with E-state index in [2.05, 4.69) is 183 Å². The number of nitrogens with zero attached hydrogens (tertiary/aromatic N) is 7. The Morgan fingerprint density at radius 2 is 0.974 bits per heavy atom. The van der Waals surface area contributed by atoms with Gasteiger partial charge in [0.15, 0.2) is 0 Å². The van der Waals surface area contributed by atoms with Gasteiger partial charge in [0.2, 0.25) is 0 Å². The number of nitrogens with one attached hydrogen (secondary N) is 1. The Hall–Kier alpha value is -6.80. The monoisotopic (exact) mass is 1040 g/mol. The van der Waals surface area contributed by atoms with Crippen molar-refractivity contribution in [3.63, 3.8) is 0 Å². The summed E-state index contributed by atoms with van der Waals surface area (Å²) in [5.41, 5.74) is 9.28. The summed E-state index contributed by atoms with van der Waals surface area (Å²) in [5, 5.41) is 31.2. The van der Waals surface area contributed by atoms with E-state index >= 15 is 0 Å². The third kappa shape index (κ3) is 16.4. The average molecular weight is 1040 g/mol. The molecule has 0 atom stereocenters. The van der Waals surface area contributed by atoms with Gasteiger partial charge in [-0.25, -0.2) is 0 Å². The fraction of sp³-hybridized carbons (Fsp3) is 0.449. The minimum atomic E-state index is 0.148. The summed E-state index contributed by atoms with van der Waals surface area (Å²) < 4.78 is 5.80. The Kier molecular flexibility index (Phi) is 21.3. The van der Waals surface area contributed by atoms with Crippen molar-refractivity contribution in [3.8, 4) is 40.8 Å². The summed E-state index contributed by atoms with van der Waals surface area (Å²) in [6, 6.07) is 59.5. The highest BCUT2D eigenvalue weighted by Crippen LogP contribution is 2.49. The lowest BCUT2D eigenvalue weighted by Crippen LogP contribution is -2.46. The van der Waals surface area contributed by atoms with Crippen molar-refractivity contribution in [2.24, 2.45) is 33.5 Å². The number of benzene rings is 5. The minimum Gasteiger partial charge on any atom is -0.456 e. The molecule has 9 nitrogen and oxygen atoms in total. The normalized spacial score (nSPS) is 17.2. The number of rotatable bonds is 16. The molecular formula is C69H86N8O. The zero-order valence-corrected chi connectivity index (χ0v) is 47.9. The van der Waals surface area contributed by atoms with Crippen LogP contribution in [0.5, 0.6) is 11.5 Å². The second kappa shape index (κ2) is 28.2. The maximum atomic E-state index is 9.33. The largest absolute Gasteiger partial charge is 0.456 e. The second-order valence-corrected chi connectivity index (χ2v) is 24.1. The predicted molar refractivity (Wildman–Crippen MR) is 319 cm³/mol. The second-order valence-electron chi connectivity index (χ2n) is 24.1. The lowest BCUT2D eigenvalue weighted by molar-refractivity contribution is 0.00711. The first-order chi connectivity index (χ1) is 37.7. The Morgan fingerprint density at radius 3 is 1.47 bits per heavy atom. The highest BCUT2D eigenvalue weighted by molar-refractivity contribution is 5.63. The number of hydrogen-bond donors (Lipinski definition) is 1. The van der Waals surface area contributed by atoms with Gasteiger partial charge in [-0.15, -0.1) is 0 Å². The molecule has 0 unspecified atom stereocenters. The van der Waals surface area contributed by atoms with E-state index < -0.39 is 0 Å². The molecule has 1 aromatic heterocycles. The van der Waals surface area contributed by atoms with Gasteiger partial charge in [-0.1, -0.05) is 152 Å². The Morgan fingerprint density at radius 1 is 0.500 bits per heavy atom. The molecule has 1 N–H and O–H groups in total. The van der Waals surface area contributed by atoms with Gasteiger partial charge in [-0.05, 0) is 182 Å². The molecule has 5 aromatic carbocycles. The number of anilines is 2. The van der Waals surface area contributed by atoms with Crippen LogP contribution in [0.1, 0.15) is 123 Å². The Labute approximate surface area is 468 Å². The highest BCUT2D eigenvalue weighted by atomic mass is 16.5. The first kappa shape index (κ1) is 58.9. The molecule has 0 amide bonds. The Bertz CT molecular complexity index is 2830. The van der Waals surface area contributed by atoms with Gasteiger partial charge in [0.1, 0.15) is 11.5 Å². The molecule has 9 rings (SSSR count). The molecule has 3 aliphatic rings. The number of para-hydroxylation sites is 2. The van der Waals surface area contributed by atoms with Crippen molar-refractivity contribution in [2.45, 2.75) is 126 Å². The van der Waals surface area contributed by atoms with E-state index in [-0.39, 0.29) is 21.7 Å². The van der Waals surface area contributed by atoms with Crippen molar-refractivity contribution in [3.05, 3.63) is 175 Å². The van der Waals surface area contributed by atoms with Gasteiger partial charge in [-0.3, -0.25) is 19.7 Å². The molecule has 0 bridgehead atoms. The maximum absolute atomic E-state index is 9.33. The standard InChI is InChI=1S/C24H31N3.C23H28N2.C22H27N3O/c1-23(2,3)24(12-15-25)13-16-27(17-14-24)19-20-8-7-11-22(18-20)26-21-9-5-4-6-10-21;1-19(2)23(12-15-24)13-16-25(17-14-23)18-20-8-10-22(11-9-20)21-6-4-3-5-7-21;1-18(2)22(10-13-23)11-14-25(15-12-22)17-19-8-9-21(16-24-19)26-20-6-4-3-5-7-20/h4-11,18,26H,12-14,16-17,19H2,1-3H3;3-11,19H,12-14,16-18H2,1-2H3;3-9,16,18H,10-12,14-15,17H2,1-2H3. The smallest absolute Gasteiger partial charge is 0.145 e. The van der Waals surface area contributed by atoms with E-state index in [1.165, 1.54) is 22.3 Å². The molecule has 6 aromatic rings. The van der Waals surface area contributed by atoms with Crippen LogP contribution in [-0.2, 0) is 19.6 Å². The SMILES string of the molecule is CC(C)(C)C1(CC#N)CCN(Cc2cccc(Nc3ccccc3)c2)CC1.CC(C)C1(CC#N)CCN(Cc2ccc(-c3ccccc3)cc2)CC1.CC(C)C1(CC#N)CCN(Cc2ccc(Oc3ccccc3)cn2)CC1. The van der Waals surface area contributed by atoms with E-state index in [0.29, 0.717) is 31.1 Å². The number of pyridine rings is 1. The molecule has 3 saturated heterocycles. The number of aromatic nitrogens is 1. The van der Waals surface area contributed by atoms with Crippen LogP contribution in [0.15, 0.2) is 158 Å². The summed E-state index contributed by atoms with van der Waals surface area (Å²) in [5.74, 6) is 2.71. The molecule has 3 aliphatic heterocycles. The number of likely N-dealkylation sites (tertiary alicyclic amines) is 3. The summed E-state index contributed by atoms with van der Waals surface area (Å²) in [6.07, 6.45) is 10.5. The van der Waals surface area contributed by atoms with E-state index in [1.807, 2.05) is 60.7 Å². The third-order valence-electron chi connectivity index (χ3n) is 17.9. The van der Waals surface area contributed by atoms with Crippen LogP contribution in [-0.4, -0.2) is 59.0 Å². The summed E-state index contributed by atoms with van der Waals surface area (Å²) in [7, 11) is 0. The van der Waals surface area contributed by atoms with Gasteiger partial charge >= 0.3 is 0 Å². The van der Waals surface area contributed by atoms with Crippen molar-refractivity contribution in [1.29, 1.82) is 15.8 Å². The molecule has 4 heterocycles. The van der Waals surface area contributed by atoms with Crippen LogP contribution in [0.3, 0.4) is 0 Å². The fourth-order valence-electron chi connectivity index (χ4n) is 11.8. The van der Waals surface area contributed by atoms with Crippen molar-refractivity contribution < 1.29 is 4.74 Å². The highest BCUT2D eigenvalue weighted by Gasteiger charge is 2.44. The fourth-order valence-corrected chi connectivity index (χ4v) is 11.8. The van der Waals surface area contributed by atoms with Gasteiger partial charge < -0.3 is 10.1 Å². The van der Waals surface area contributed by atoms with Crippen molar-refractivity contribution in [2.75, 3.05) is 44.6 Å². The van der Waals surface area contributed by atoms with Gasteiger partial charge in [0.25, 0.3) is 0 Å². The summed E-state index contributed by atoms with van der Waals surface area (Å²) in [4.78, 5) is 12.1. The van der Waals surface area contributed by atoms with Gasteiger partial charge in [0, 0.05) is 50.3 Å². The molecule has 0 spiro atoms. The van der Waals surface area contributed by atoms with Gasteiger partial charge in [-0.2, -0.15) is 15.8 Å². The van der Waals surface area contributed by atoms with Gasteiger partial charge in [0.05, 0.1) is 30.1 Å². The lowest BCUT2D eigenvalue weighted by atomic mass is 9.60. The van der Waals surface area contributed by atoms with Crippen LogP contribution >= 0.6 is 0 Å². The molecule has 9 heteroatoms. The third-order valence-corrected chi connectivity index (χ3v) is 17.9. The molecule has 3 fully saturated rings. The number of piperidine rings is 3. The molecular weight excluding hydrogens is 957 g/mol. The molecule has 0 radical (unpaired) electrons. The van der Waals surface area contributed by atoms with Crippen LogP contribution in [0, 0.1) is 67.5 Å². The number of nitriles is 3. The van der Waals surface area contributed by atoms with Crippen molar-refractivity contribution >= 4 is 11.4 Å². The van der Waals surface area contributed by atoms with Crippen LogP contribution < -0.4 is 10.1 Å². The summed E-state index contributed by atoms with van der Waals surface area (Å²) >= 11 is 0. The number of hydrogen-bond acceptors (Lipinski definition) is 9. The van der Waals surface area contributed by atoms with Crippen LogP contribution in [0.4, 0.5) is 11.4 Å². The zero-order valence-electron chi connectivity index (χ0n) is 47.9. The average Bonchev–Trinajstić information content (AvgIpc) is 3.46. The van der Waals surface area contributed by atoms with Crippen molar-refractivity contribution in [1.82, 2.24) is 19.7 Å². The first-order valence-electron chi connectivity index (χ1n) is 28.7. The molecule has 408 valence electrons. The quantitative estimate of drug-likeness (QED) is 0.101. The molecule has 0 aliphatic carbocycles. The topological polar surface area (TPSA) is 115 Å². The molecule has 0 saturated carbocycles. The zero-order chi connectivity index (χ0) is 55.4. The van der Waals surface area contributed by atoms with E-state index in [1.54, 1.807) is 6.20 Å². The van der Waals surface area contributed by atoms with E-state index in [0.717, 1.165) is 126 Å². The molecule has 78 heavy (non-hydrogen) atoms. The van der Waals surface area contributed by atoms with Crippen LogP contribution in [0.2, 0.25) is 0 Å². The Balaban J connectivity index is 0.000000170. The first-order valence-corrected chi connectivity index (χ1v) is 28.7. The minimum absolute atomic E-state index is 0.148. The predicted octanol–water partition coefficient (Wildman–Crippen LogP) is 16.5.